The third-order valence-corrected chi connectivity index (χ3v) is 2.99. The van der Waals surface area contributed by atoms with E-state index in [1.54, 1.807) is 0 Å². The van der Waals surface area contributed by atoms with E-state index in [4.69, 9.17) is 9.63 Å². The largest absolute Gasteiger partial charge is 0.481 e. The Morgan fingerprint density at radius 1 is 1.47 bits per heavy atom. The number of piperidine rings is 1. The monoisotopic (exact) mass is 239 g/mol. The van der Waals surface area contributed by atoms with Crippen molar-refractivity contribution in [1.82, 2.24) is 15.5 Å². The maximum Gasteiger partial charge on any atom is 0.303 e. The van der Waals surface area contributed by atoms with E-state index in [1.807, 2.05) is 0 Å². The van der Waals surface area contributed by atoms with Gasteiger partial charge in [0.1, 0.15) is 0 Å². The molecule has 6 nitrogen and oxygen atoms in total. The quantitative estimate of drug-likeness (QED) is 0.783. The number of carbonyl (C=O) groups is 1. The van der Waals surface area contributed by atoms with Crippen molar-refractivity contribution in [1.29, 1.82) is 0 Å². The van der Waals surface area contributed by atoms with Crippen molar-refractivity contribution < 1.29 is 14.4 Å². The summed E-state index contributed by atoms with van der Waals surface area (Å²) in [5.41, 5.74) is 0. The molecule has 6 heteroatoms. The zero-order valence-electron chi connectivity index (χ0n) is 9.69. The standard InChI is InChI=1S/C11H17N3O3/c15-11(16)2-1-10-13-9(14-17-10)7-8-3-5-12-6-4-8/h8,12H,1-7H2,(H,15,16). The van der Waals surface area contributed by atoms with Gasteiger partial charge in [-0.1, -0.05) is 5.16 Å². The number of hydrogen-bond acceptors (Lipinski definition) is 5. The van der Waals surface area contributed by atoms with Gasteiger partial charge >= 0.3 is 5.97 Å². The summed E-state index contributed by atoms with van der Waals surface area (Å²) < 4.78 is 5.02. The molecule has 0 amide bonds. The topological polar surface area (TPSA) is 88.2 Å². The smallest absolute Gasteiger partial charge is 0.303 e. The molecule has 0 atom stereocenters. The number of aryl methyl sites for hydroxylation is 1. The van der Waals surface area contributed by atoms with Crippen molar-refractivity contribution in [2.45, 2.75) is 32.1 Å². The molecule has 0 unspecified atom stereocenters. The van der Waals surface area contributed by atoms with Gasteiger partial charge in [0.25, 0.3) is 0 Å². The lowest BCUT2D eigenvalue weighted by Crippen LogP contribution is -2.28. The SMILES string of the molecule is O=C(O)CCc1nc(CC2CCNCC2)no1. The second kappa shape index (κ2) is 5.77. The number of hydrogen-bond donors (Lipinski definition) is 2. The highest BCUT2D eigenvalue weighted by atomic mass is 16.5. The van der Waals surface area contributed by atoms with Gasteiger partial charge in [-0.3, -0.25) is 4.79 Å². The highest BCUT2D eigenvalue weighted by Crippen LogP contribution is 2.16. The van der Waals surface area contributed by atoms with E-state index in [0.717, 1.165) is 32.4 Å². The number of aromatic nitrogens is 2. The van der Waals surface area contributed by atoms with Crippen molar-refractivity contribution in [3.05, 3.63) is 11.7 Å². The molecule has 1 saturated heterocycles. The molecule has 1 aromatic heterocycles. The Balaban J connectivity index is 1.82. The Morgan fingerprint density at radius 3 is 2.94 bits per heavy atom. The molecule has 0 saturated carbocycles. The molecule has 0 aliphatic carbocycles. The van der Waals surface area contributed by atoms with Crippen LogP contribution >= 0.6 is 0 Å². The maximum absolute atomic E-state index is 10.4. The van der Waals surface area contributed by atoms with Crippen LogP contribution in [0.2, 0.25) is 0 Å². The molecule has 1 aliphatic rings. The lowest BCUT2D eigenvalue weighted by atomic mass is 9.94. The first-order valence-corrected chi connectivity index (χ1v) is 5.98. The molecule has 17 heavy (non-hydrogen) atoms. The number of rotatable bonds is 5. The Kier molecular flexibility index (Phi) is 4.08. The highest BCUT2D eigenvalue weighted by molar-refractivity contribution is 5.66. The Bertz CT molecular complexity index is 372. The van der Waals surface area contributed by atoms with E-state index in [-0.39, 0.29) is 6.42 Å². The second-order valence-corrected chi connectivity index (χ2v) is 4.40. The van der Waals surface area contributed by atoms with Gasteiger partial charge in [-0.25, -0.2) is 0 Å². The number of nitrogens with one attached hydrogen (secondary N) is 1. The molecule has 0 bridgehead atoms. The van der Waals surface area contributed by atoms with Gasteiger partial charge in [0, 0.05) is 12.8 Å². The van der Waals surface area contributed by atoms with Crippen molar-refractivity contribution in [2.24, 2.45) is 5.92 Å². The van der Waals surface area contributed by atoms with Crippen LogP contribution in [0.15, 0.2) is 4.52 Å². The molecule has 2 N–H and O–H groups in total. The van der Waals surface area contributed by atoms with Gasteiger partial charge in [-0.2, -0.15) is 4.98 Å². The van der Waals surface area contributed by atoms with Crippen LogP contribution in [0.3, 0.4) is 0 Å². The van der Waals surface area contributed by atoms with E-state index in [9.17, 15) is 4.79 Å². The van der Waals surface area contributed by atoms with Crippen molar-refractivity contribution >= 4 is 5.97 Å². The minimum Gasteiger partial charge on any atom is -0.481 e. The third-order valence-electron chi connectivity index (χ3n) is 2.99. The predicted molar refractivity (Wildman–Crippen MR) is 59.6 cm³/mol. The van der Waals surface area contributed by atoms with Crippen LogP contribution in [0.25, 0.3) is 0 Å². The average molecular weight is 239 g/mol. The van der Waals surface area contributed by atoms with E-state index >= 15 is 0 Å². The summed E-state index contributed by atoms with van der Waals surface area (Å²) in [4.78, 5) is 14.6. The first kappa shape index (κ1) is 12.0. The normalized spacial score (nSPS) is 17.2. The minimum absolute atomic E-state index is 0.0367. The molecule has 0 aromatic carbocycles. The molecule has 0 radical (unpaired) electrons. The molecular weight excluding hydrogens is 222 g/mol. The first-order chi connectivity index (χ1) is 8.24. The van der Waals surface area contributed by atoms with Crippen LogP contribution in [-0.4, -0.2) is 34.3 Å². The summed E-state index contributed by atoms with van der Waals surface area (Å²) in [7, 11) is 0. The van der Waals surface area contributed by atoms with Crippen LogP contribution in [0.5, 0.6) is 0 Å². The van der Waals surface area contributed by atoms with Crippen LogP contribution < -0.4 is 5.32 Å². The van der Waals surface area contributed by atoms with E-state index in [2.05, 4.69) is 15.5 Å². The third kappa shape index (κ3) is 3.81. The Hall–Kier alpha value is -1.43. The van der Waals surface area contributed by atoms with Crippen LogP contribution in [0.4, 0.5) is 0 Å². The van der Waals surface area contributed by atoms with Crippen LogP contribution in [0.1, 0.15) is 31.0 Å². The molecular formula is C11H17N3O3. The van der Waals surface area contributed by atoms with Gasteiger partial charge in [-0.15, -0.1) is 0 Å². The summed E-state index contributed by atoms with van der Waals surface area (Å²) >= 11 is 0. The molecule has 2 heterocycles. The molecule has 1 aromatic rings. The average Bonchev–Trinajstić information content (AvgIpc) is 2.75. The van der Waals surface area contributed by atoms with Crippen LogP contribution in [-0.2, 0) is 17.6 Å². The van der Waals surface area contributed by atoms with Crippen molar-refractivity contribution in [3.63, 3.8) is 0 Å². The van der Waals surface area contributed by atoms with Crippen molar-refractivity contribution in [2.75, 3.05) is 13.1 Å². The summed E-state index contributed by atoms with van der Waals surface area (Å²) in [6.07, 6.45) is 3.46. The van der Waals surface area contributed by atoms with Crippen molar-refractivity contribution in [3.8, 4) is 0 Å². The molecule has 0 spiro atoms. The lowest BCUT2D eigenvalue weighted by Gasteiger charge is -2.20. The Labute approximate surface area is 99.4 Å². The molecule has 1 aliphatic heterocycles. The molecule has 94 valence electrons. The fourth-order valence-electron chi connectivity index (χ4n) is 2.03. The van der Waals surface area contributed by atoms with E-state index < -0.39 is 5.97 Å². The number of nitrogens with zero attached hydrogens (tertiary/aromatic N) is 2. The zero-order chi connectivity index (χ0) is 12.1. The fraction of sp³-hybridized carbons (Fsp3) is 0.727. The molecule has 2 rings (SSSR count). The van der Waals surface area contributed by atoms with Gasteiger partial charge in [-0.05, 0) is 31.8 Å². The predicted octanol–water partition coefficient (Wildman–Crippen LogP) is 0.629. The van der Waals surface area contributed by atoms with Gasteiger partial charge in [0.2, 0.25) is 5.89 Å². The lowest BCUT2D eigenvalue weighted by molar-refractivity contribution is -0.137. The van der Waals surface area contributed by atoms with Gasteiger partial charge < -0.3 is 14.9 Å². The van der Waals surface area contributed by atoms with Gasteiger partial charge in [0.05, 0.1) is 6.42 Å². The van der Waals surface area contributed by atoms with Crippen LogP contribution in [0, 0.1) is 5.92 Å². The Morgan fingerprint density at radius 2 is 2.24 bits per heavy atom. The molecule has 1 fully saturated rings. The summed E-state index contributed by atoms with van der Waals surface area (Å²) in [6.45, 7) is 2.10. The summed E-state index contributed by atoms with van der Waals surface area (Å²) in [5, 5.41) is 15.7. The summed E-state index contributed by atoms with van der Waals surface area (Å²) in [6, 6.07) is 0. The number of aliphatic carboxylic acids is 1. The fourth-order valence-corrected chi connectivity index (χ4v) is 2.03. The second-order valence-electron chi connectivity index (χ2n) is 4.40. The van der Waals surface area contributed by atoms with E-state index in [0.29, 0.717) is 24.1 Å². The highest BCUT2D eigenvalue weighted by Gasteiger charge is 2.17. The van der Waals surface area contributed by atoms with E-state index in [1.165, 1.54) is 0 Å². The number of carboxylic acids is 1. The number of carboxylic acid groups (broad SMARTS) is 1. The summed E-state index contributed by atoms with van der Waals surface area (Å²) in [5.74, 6) is 0.901. The zero-order valence-corrected chi connectivity index (χ0v) is 9.69. The first-order valence-electron chi connectivity index (χ1n) is 5.98. The minimum atomic E-state index is -0.844. The van der Waals surface area contributed by atoms with Gasteiger partial charge in [0.15, 0.2) is 5.82 Å². The maximum atomic E-state index is 10.4.